The predicted octanol–water partition coefficient (Wildman–Crippen LogP) is 3.17. The van der Waals surface area contributed by atoms with Crippen molar-refractivity contribution in [2.45, 2.75) is 0 Å². The molecule has 0 aromatic heterocycles. The number of benzene rings is 1. The van der Waals surface area contributed by atoms with E-state index in [1.807, 2.05) is 12.1 Å². The number of hydrazine groups is 1. The van der Waals surface area contributed by atoms with Gasteiger partial charge >= 0.3 is 7.82 Å². The van der Waals surface area contributed by atoms with E-state index >= 15 is 0 Å². The SMILES string of the molecule is O=P12ON(O1)N(c1ccc(Br)cc1Br)O2. The van der Waals surface area contributed by atoms with Crippen molar-refractivity contribution >= 4 is 45.4 Å². The molecule has 0 atom stereocenters. The summed E-state index contributed by atoms with van der Waals surface area (Å²) in [5, 5.41) is 2.10. The molecule has 3 saturated heterocycles. The molecule has 15 heavy (non-hydrogen) atoms. The van der Waals surface area contributed by atoms with Crippen molar-refractivity contribution in [1.29, 1.82) is 0 Å². The van der Waals surface area contributed by atoms with E-state index < -0.39 is 7.82 Å². The van der Waals surface area contributed by atoms with Gasteiger partial charge in [0.05, 0.1) is 5.34 Å². The molecule has 6 nitrogen and oxygen atoms in total. The molecule has 9 heteroatoms. The monoisotopic (exact) mass is 356 g/mol. The molecule has 0 N–H and O–H groups in total. The second-order valence-electron chi connectivity index (χ2n) is 2.80. The van der Waals surface area contributed by atoms with Gasteiger partial charge in [0.1, 0.15) is 5.69 Å². The lowest BCUT2D eigenvalue weighted by Gasteiger charge is -2.21. The Kier molecular flexibility index (Phi) is 2.23. The molecule has 3 heterocycles. The van der Waals surface area contributed by atoms with Crippen LogP contribution in [0.4, 0.5) is 5.69 Å². The van der Waals surface area contributed by atoms with Crippen LogP contribution in [-0.2, 0) is 18.4 Å². The molecule has 3 aliphatic heterocycles. The standard InChI is InChI=1S/C6H3Br2N2O4P/c7-4-1-2-6(5(8)3-4)9-10-13-15(11,12-9)14-10/h1-3H. The Morgan fingerprint density at radius 1 is 1.20 bits per heavy atom. The molecule has 2 bridgehead atoms. The first-order valence-electron chi connectivity index (χ1n) is 3.82. The van der Waals surface area contributed by atoms with E-state index in [9.17, 15) is 4.57 Å². The number of fused-ring (bicyclic) bond motifs is 1. The number of rotatable bonds is 1. The van der Waals surface area contributed by atoms with Gasteiger partial charge in [0.2, 0.25) is 0 Å². The van der Waals surface area contributed by atoms with Crippen LogP contribution in [0.3, 0.4) is 0 Å². The fraction of sp³-hybridized carbons (Fsp3) is 0. The Bertz CT molecular complexity index is 474. The maximum Gasteiger partial charge on any atom is 0.538 e. The number of halogens is 2. The zero-order valence-corrected chi connectivity index (χ0v) is 11.0. The van der Waals surface area contributed by atoms with Crippen LogP contribution in [0.15, 0.2) is 27.1 Å². The van der Waals surface area contributed by atoms with Crippen LogP contribution in [0.2, 0.25) is 0 Å². The average Bonchev–Trinajstić information content (AvgIpc) is 2.57. The van der Waals surface area contributed by atoms with Crippen molar-refractivity contribution in [3.05, 3.63) is 27.1 Å². The summed E-state index contributed by atoms with van der Waals surface area (Å²) in [5.41, 5.74) is 0.633. The van der Waals surface area contributed by atoms with Crippen LogP contribution < -0.4 is 5.17 Å². The van der Waals surface area contributed by atoms with Crippen LogP contribution in [0.25, 0.3) is 0 Å². The second-order valence-corrected chi connectivity index (χ2v) is 5.95. The molecule has 80 valence electrons. The molecule has 1 aromatic carbocycles. The van der Waals surface area contributed by atoms with Crippen molar-refractivity contribution in [3.63, 3.8) is 0 Å². The molecule has 4 rings (SSSR count). The first-order chi connectivity index (χ1) is 7.07. The van der Waals surface area contributed by atoms with Gasteiger partial charge in [-0.3, -0.25) is 0 Å². The molecular weight excluding hydrogens is 355 g/mol. The molecular formula is C6H3Br2N2O4P. The zero-order valence-electron chi connectivity index (χ0n) is 6.96. The summed E-state index contributed by atoms with van der Waals surface area (Å²) < 4.78 is 27.3. The maximum atomic E-state index is 11.3. The van der Waals surface area contributed by atoms with Crippen molar-refractivity contribution < 1.29 is 18.4 Å². The smallest absolute Gasteiger partial charge is 0.222 e. The van der Waals surface area contributed by atoms with Crippen molar-refractivity contribution in [1.82, 2.24) is 5.34 Å². The van der Waals surface area contributed by atoms with Gasteiger partial charge in [0.25, 0.3) is 0 Å². The number of hydrogen-bond donors (Lipinski definition) is 0. The normalized spacial score (nSPS) is 32.9. The molecule has 0 radical (unpaired) electrons. The minimum atomic E-state index is -3.33. The average molecular weight is 358 g/mol. The van der Waals surface area contributed by atoms with Crippen LogP contribution in [-0.4, -0.2) is 5.34 Å². The molecule has 0 saturated carbocycles. The van der Waals surface area contributed by atoms with Crippen molar-refractivity contribution in [2.24, 2.45) is 0 Å². The Morgan fingerprint density at radius 2 is 1.93 bits per heavy atom. The van der Waals surface area contributed by atoms with Crippen LogP contribution >= 0.6 is 39.7 Å². The number of phosphoric acid groups is 1. The predicted molar refractivity (Wildman–Crippen MR) is 57.0 cm³/mol. The largest absolute Gasteiger partial charge is 0.538 e. The first kappa shape index (κ1) is 10.2. The van der Waals surface area contributed by atoms with Gasteiger partial charge in [-0.2, -0.15) is 0 Å². The van der Waals surface area contributed by atoms with Gasteiger partial charge in [-0.05, 0) is 34.1 Å². The Morgan fingerprint density at radius 3 is 2.47 bits per heavy atom. The third-order valence-electron chi connectivity index (χ3n) is 1.78. The summed E-state index contributed by atoms with van der Waals surface area (Å²) in [6.07, 6.45) is 0. The van der Waals surface area contributed by atoms with Crippen LogP contribution in [0, 0.1) is 0 Å². The van der Waals surface area contributed by atoms with E-state index in [1.165, 1.54) is 5.17 Å². The highest BCUT2D eigenvalue weighted by Gasteiger charge is 2.60. The minimum Gasteiger partial charge on any atom is -0.222 e. The van der Waals surface area contributed by atoms with E-state index in [0.717, 1.165) is 14.3 Å². The maximum absolute atomic E-state index is 11.3. The highest BCUT2D eigenvalue weighted by Crippen LogP contribution is 2.67. The van der Waals surface area contributed by atoms with E-state index in [1.54, 1.807) is 6.07 Å². The lowest BCUT2D eigenvalue weighted by atomic mass is 10.3. The molecule has 1 aromatic rings. The quantitative estimate of drug-likeness (QED) is 0.719. The number of hydrogen-bond acceptors (Lipinski definition) is 6. The molecule has 0 amide bonds. The Hall–Kier alpha value is 0.0500. The van der Waals surface area contributed by atoms with Gasteiger partial charge in [-0.25, -0.2) is 4.57 Å². The van der Waals surface area contributed by atoms with Gasteiger partial charge < -0.3 is 0 Å². The molecule has 0 unspecified atom stereocenters. The molecule has 0 spiro atoms. The summed E-state index contributed by atoms with van der Waals surface area (Å²) >= 11 is 6.66. The number of anilines is 1. The molecule has 3 aliphatic rings. The fourth-order valence-electron chi connectivity index (χ4n) is 1.17. The topological polar surface area (TPSA) is 51.2 Å². The number of nitrogens with zero attached hydrogens (tertiary/aromatic N) is 2. The van der Waals surface area contributed by atoms with Crippen molar-refractivity contribution in [2.75, 3.05) is 5.17 Å². The van der Waals surface area contributed by atoms with Crippen LogP contribution in [0.5, 0.6) is 0 Å². The summed E-state index contributed by atoms with van der Waals surface area (Å²) in [7, 11) is -3.33. The third kappa shape index (κ3) is 1.57. The van der Waals surface area contributed by atoms with E-state index in [0.29, 0.717) is 5.69 Å². The lowest BCUT2D eigenvalue weighted by molar-refractivity contribution is -0.318. The van der Waals surface area contributed by atoms with Gasteiger partial charge in [-0.15, -0.1) is 19.0 Å². The Labute approximate surface area is 101 Å². The molecule has 0 aliphatic carbocycles. The summed E-state index contributed by atoms with van der Waals surface area (Å²) in [5.74, 6) is 0. The lowest BCUT2D eigenvalue weighted by Crippen LogP contribution is -2.34. The highest BCUT2D eigenvalue weighted by atomic mass is 79.9. The summed E-state index contributed by atoms with van der Waals surface area (Å²) in [6, 6.07) is 5.40. The summed E-state index contributed by atoms with van der Waals surface area (Å²) in [6.45, 7) is 0. The summed E-state index contributed by atoms with van der Waals surface area (Å²) in [4.78, 5) is 0. The Balaban J connectivity index is 1.98. The fourth-order valence-corrected chi connectivity index (χ4v) is 3.25. The van der Waals surface area contributed by atoms with Gasteiger partial charge in [0.15, 0.2) is 0 Å². The highest BCUT2D eigenvalue weighted by molar-refractivity contribution is 9.11. The van der Waals surface area contributed by atoms with Crippen LogP contribution in [0.1, 0.15) is 0 Å². The molecule has 3 fully saturated rings. The van der Waals surface area contributed by atoms with E-state index in [2.05, 4.69) is 31.9 Å². The minimum absolute atomic E-state index is 0.633. The van der Waals surface area contributed by atoms with E-state index in [-0.39, 0.29) is 0 Å². The van der Waals surface area contributed by atoms with Crippen molar-refractivity contribution in [3.8, 4) is 0 Å². The first-order valence-corrected chi connectivity index (χ1v) is 6.86. The van der Waals surface area contributed by atoms with E-state index in [4.69, 9.17) is 13.9 Å². The third-order valence-corrected chi connectivity index (χ3v) is 3.94. The van der Waals surface area contributed by atoms with Gasteiger partial charge in [-0.1, -0.05) is 15.9 Å². The van der Waals surface area contributed by atoms with Gasteiger partial charge in [0, 0.05) is 8.95 Å². The second kappa shape index (κ2) is 3.27. The zero-order chi connectivity index (χ0) is 10.6.